The highest BCUT2D eigenvalue weighted by atomic mass is 16.3. The molecular weight excluding hydrogens is 436 g/mol. The molecule has 0 saturated heterocycles. The predicted molar refractivity (Wildman–Crippen MR) is 139 cm³/mol. The van der Waals surface area contributed by atoms with Crippen LogP contribution in [-0.4, -0.2) is 34.0 Å². The number of hydrogen-bond donors (Lipinski definition) is 2. The first-order chi connectivity index (χ1) is 17.0. The van der Waals surface area contributed by atoms with Crippen LogP contribution in [0.1, 0.15) is 56.8 Å². The number of carbonyl (C=O) groups is 2. The molecule has 3 aromatic carbocycles. The van der Waals surface area contributed by atoms with Gasteiger partial charge in [0.15, 0.2) is 5.78 Å². The van der Waals surface area contributed by atoms with E-state index in [0.717, 1.165) is 40.4 Å². The summed E-state index contributed by atoms with van der Waals surface area (Å²) in [5.41, 5.74) is 7.64. The molecule has 0 bridgehead atoms. The number of aryl methyl sites for hydroxylation is 1. The molecular formula is C30H30N2O3. The third-order valence-electron chi connectivity index (χ3n) is 7.32. The third-order valence-corrected chi connectivity index (χ3v) is 7.32. The molecule has 5 rings (SSSR count). The number of nitrogens with zero attached hydrogens (tertiary/aromatic N) is 1. The zero-order chi connectivity index (χ0) is 24.5. The van der Waals surface area contributed by atoms with E-state index in [4.69, 9.17) is 0 Å². The van der Waals surface area contributed by atoms with Gasteiger partial charge in [-0.05, 0) is 73.6 Å². The largest absolute Gasteiger partial charge is 0.388 e. The van der Waals surface area contributed by atoms with Gasteiger partial charge in [-0.1, -0.05) is 48.5 Å². The van der Waals surface area contributed by atoms with Crippen molar-refractivity contribution in [1.29, 1.82) is 0 Å². The van der Waals surface area contributed by atoms with Crippen molar-refractivity contribution in [1.82, 2.24) is 9.88 Å². The maximum Gasteiger partial charge on any atom is 0.251 e. The van der Waals surface area contributed by atoms with Gasteiger partial charge in [0, 0.05) is 40.3 Å². The molecule has 1 heterocycles. The van der Waals surface area contributed by atoms with Crippen LogP contribution in [0.15, 0.2) is 66.7 Å². The number of ketones is 1. The van der Waals surface area contributed by atoms with Gasteiger partial charge >= 0.3 is 0 Å². The number of aromatic nitrogens is 1. The summed E-state index contributed by atoms with van der Waals surface area (Å²) in [5, 5.41) is 13.5. The molecule has 0 spiro atoms. The van der Waals surface area contributed by atoms with Crippen LogP contribution >= 0.6 is 0 Å². The average molecular weight is 467 g/mol. The lowest BCUT2D eigenvalue weighted by molar-refractivity contribution is 0.0901. The first-order valence-electron chi connectivity index (χ1n) is 12.2. The van der Waals surface area contributed by atoms with Crippen LogP contribution in [0.2, 0.25) is 0 Å². The Morgan fingerprint density at radius 2 is 1.74 bits per heavy atom. The monoisotopic (exact) mass is 466 g/mol. The van der Waals surface area contributed by atoms with E-state index in [2.05, 4.69) is 41.9 Å². The number of fused-ring (bicyclic) bond motifs is 1. The number of carbonyl (C=O) groups excluding carboxylic acids is 2. The molecule has 5 heteroatoms. The van der Waals surface area contributed by atoms with Crippen molar-refractivity contribution in [2.45, 2.75) is 45.7 Å². The van der Waals surface area contributed by atoms with Gasteiger partial charge in [0.05, 0.1) is 0 Å². The van der Waals surface area contributed by atoms with Crippen LogP contribution in [0.5, 0.6) is 0 Å². The van der Waals surface area contributed by atoms with E-state index in [1.54, 1.807) is 6.07 Å². The van der Waals surface area contributed by atoms with Crippen LogP contribution in [0.25, 0.3) is 22.0 Å². The number of Topliss-reactive ketones (excluding diaryl/α,β-unsaturated/α-hetero) is 1. The van der Waals surface area contributed by atoms with E-state index in [1.807, 2.05) is 42.5 Å². The second kappa shape index (κ2) is 9.51. The Balaban J connectivity index is 1.41. The lowest BCUT2D eigenvalue weighted by Gasteiger charge is -2.26. The number of amides is 1. The Hall–Kier alpha value is -3.70. The van der Waals surface area contributed by atoms with E-state index < -0.39 is 6.61 Å². The van der Waals surface area contributed by atoms with Gasteiger partial charge in [0.2, 0.25) is 0 Å². The Morgan fingerprint density at radius 3 is 2.43 bits per heavy atom. The minimum atomic E-state index is -0.502. The van der Waals surface area contributed by atoms with Gasteiger partial charge in [-0.25, -0.2) is 0 Å². The molecule has 1 fully saturated rings. The summed E-state index contributed by atoms with van der Waals surface area (Å²) in [7, 11) is 0. The molecule has 1 saturated carbocycles. The summed E-state index contributed by atoms with van der Waals surface area (Å²) >= 11 is 0. The van der Waals surface area contributed by atoms with E-state index in [0.29, 0.717) is 23.7 Å². The minimum absolute atomic E-state index is 0.0111. The summed E-state index contributed by atoms with van der Waals surface area (Å²) in [6, 6.07) is 21.9. The number of nitrogens with one attached hydrogen (secondary N) is 1. The van der Waals surface area contributed by atoms with Gasteiger partial charge in [0.25, 0.3) is 5.91 Å². The molecule has 0 unspecified atom stereocenters. The Kier molecular flexibility index (Phi) is 6.27. The third kappa shape index (κ3) is 4.40. The van der Waals surface area contributed by atoms with Crippen molar-refractivity contribution < 1.29 is 14.7 Å². The zero-order valence-electron chi connectivity index (χ0n) is 20.2. The zero-order valence-corrected chi connectivity index (χ0v) is 20.2. The van der Waals surface area contributed by atoms with E-state index >= 15 is 0 Å². The smallest absolute Gasteiger partial charge is 0.251 e. The van der Waals surface area contributed by atoms with Crippen molar-refractivity contribution in [2.24, 2.45) is 0 Å². The highest BCUT2D eigenvalue weighted by Gasteiger charge is 2.21. The van der Waals surface area contributed by atoms with Gasteiger partial charge in [0.1, 0.15) is 6.61 Å². The van der Waals surface area contributed by atoms with Crippen molar-refractivity contribution in [3.63, 3.8) is 0 Å². The van der Waals surface area contributed by atoms with E-state index in [-0.39, 0.29) is 11.7 Å². The van der Waals surface area contributed by atoms with Gasteiger partial charge in [-0.15, -0.1) is 0 Å². The summed E-state index contributed by atoms with van der Waals surface area (Å²) in [6.45, 7) is 4.44. The number of hydrogen-bond acceptors (Lipinski definition) is 3. The molecule has 1 aliphatic carbocycles. The van der Waals surface area contributed by atoms with Crippen LogP contribution in [-0.2, 0) is 6.54 Å². The molecule has 2 N–H and O–H groups in total. The second-order valence-electron chi connectivity index (χ2n) is 9.45. The van der Waals surface area contributed by atoms with Crippen LogP contribution in [0, 0.1) is 13.8 Å². The number of aliphatic hydroxyl groups excluding tert-OH is 1. The summed E-state index contributed by atoms with van der Waals surface area (Å²) in [4.78, 5) is 24.8. The molecule has 1 aliphatic rings. The van der Waals surface area contributed by atoms with Crippen LogP contribution < -0.4 is 5.32 Å². The Labute approximate surface area is 205 Å². The second-order valence-corrected chi connectivity index (χ2v) is 9.45. The van der Waals surface area contributed by atoms with E-state index in [1.165, 1.54) is 17.7 Å². The van der Waals surface area contributed by atoms with Gasteiger partial charge in [-0.3, -0.25) is 9.59 Å². The molecule has 1 aromatic heterocycles. The maximum absolute atomic E-state index is 12.7. The minimum Gasteiger partial charge on any atom is -0.388 e. The topological polar surface area (TPSA) is 71.3 Å². The summed E-state index contributed by atoms with van der Waals surface area (Å²) < 4.78 is 2.29. The Morgan fingerprint density at radius 1 is 1.00 bits per heavy atom. The first-order valence-corrected chi connectivity index (χ1v) is 12.2. The van der Waals surface area contributed by atoms with Gasteiger partial charge in [-0.2, -0.15) is 0 Å². The number of rotatable bonds is 7. The molecule has 0 atom stereocenters. The van der Waals surface area contributed by atoms with Gasteiger partial charge < -0.3 is 15.0 Å². The fourth-order valence-electron chi connectivity index (χ4n) is 4.85. The fraction of sp³-hybridized carbons (Fsp3) is 0.267. The average Bonchev–Trinajstić information content (AvgIpc) is 3.10. The fourth-order valence-corrected chi connectivity index (χ4v) is 4.85. The quantitative estimate of drug-likeness (QED) is 0.357. The van der Waals surface area contributed by atoms with E-state index in [9.17, 15) is 14.7 Å². The van der Waals surface area contributed by atoms with Crippen LogP contribution in [0.3, 0.4) is 0 Å². The van der Waals surface area contributed by atoms with Crippen molar-refractivity contribution >= 4 is 22.6 Å². The first kappa shape index (κ1) is 23.1. The molecule has 35 heavy (non-hydrogen) atoms. The summed E-state index contributed by atoms with van der Waals surface area (Å²) in [6.07, 6.45) is 3.34. The molecule has 5 nitrogen and oxygen atoms in total. The number of benzene rings is 3. The SMILES string of the molecule is Cc1c(C)n(Cc2ccc(-c3ccccc3C(=O)CO)cc2)c2ccc(C(=O)NC3CCC3)cc12. The molecule has 1 amide bonds. The lowest BCUT2D eigenvalue weighted by atomic mass is 9.93. The number of aliphatic hydroxyl groups is 1. The molecule has 0 aliphatic heterocycles. The lowest BCUT2D eigenvalue weighted by Crippen LogP contribution is -2.39. The standard InChI is InChI=1S/C30H30N2O3/c1-19-20(2)32(28-15-14-23(16-27(19)28)30(35)31-24-6-5-7-24)17-21-10-12-22(13-11-21)25-8-3-4-9-26(25)29(34)18-33/h3-4,8-16,24,33H,5-7,17-18H2,1-2H3,(H,31,35). The normalized spacial score (nSPS) is 13.6. The highest BCUT2D eigenvalue weighted by Crippen LogP contribution is 2.29. The van der Waals surface area contributed by atoms with Crippen molar-refractivity contribution in [3.8, 4) is 11.1 Å². The van der Waals surface area contributed by atoms with Crippen molar-refractivity contribution in [3.05, 3.63) is 94.7 Å². The maximum atomic E-state index is 12.7. The molecule has 4 aromatic rings. The predicted octanol–water partition coefficient (Wildman–Crippen LogP) is 5.43. The molecule has 0 radical (unpaired) electrons. The van der Waals surface area contributed by atoms with Crippen LogP contribution in [0.4, 0.5) is 0 Å². The van der Waals surface area contributed by atoms with Crippen molar-refractivity contribution in [2.75, 3.05) is 6.61 Å². The highest BCUT2D eigenvalue weighted by molar-refractivity contribution is 6.03. The molecule has 178 valence electrons. The summed E-state index contributed by atoms with van der Waals surface area (Å²) in [5.74, 6) is -0.271. The Bertz CT molecular complexity index is 1410.